The Hall–Kier alpha value is -1.85. The number of imidazole rings is 1. The summed E-state index contributed by atoms with van der Waals surface area (Å²) in [4.78, 5) is 16.6. The molecule has 5 nitrogen and oxygen atoms in total. The summed E-state index contributed by atoms with van der Waals surface area (Å²) in [5.74, 6) is 0.470. The molecule has 2 atom stereocenters. The first-order valence-electron chi connectivity index (χ1n) is 9.86. The fourth-order valence-electron chi connectivity index (χ4n) is 4.72. The molecule has 1 fully saturated rings. The molecule has 27 heavy (non-hydrogen) atoms. The van der Waals surface area contributed by atoms with Crippen LogP contribution in [0.3, 0.4) is 0 Å². The highest BCUT2D eigenvalue weighted by molar-refractivity contribution is 6.30. The number of benzene rings is 1. The number of aliphatic carboxylic acids is 1. The minimum atomic E-state index is -0.936. The van der Waals surface area contributed by atoms with E-state index >= 15 is 0 Å². The molecule has 6 heteroatoms. The summed E-state index contributed by atoms with van der Waals surface area (Å²) in [6.45, 7) is 0.689. The number of hydrogen-bond acceptors (Lipinski definition) is 3. The van der Waals surface area contributed by atoms with Crippen molar-refractivity contribution in [1.29, 1.82) is 0 Å². The summed E-state index contributed by atoms with van der Waals surface area (Å²) in [7, 11) is 0. The molecule has 144 valence electrons. The second-order valence-corrected chi connectivity index (χ2v) is 8.30. The maximum Gasteiger partial charge on any atom is 0.321 e. The number of nitrogens with two attached hydrogens (primary N) is 1. The van der Waals surface area contributed by atoms with Crippen LogP contribution in [0.25, 0.3) is 0 Å². The highest BCUT2D eigenvalue weighted by atomic mass is 35.5. The average Bonchev–Trinajstić information content (AvgIpc) is 3.31. The van der Waals surface area contributed by atoms with Gasteiger partial charge in [-0.15, -0.1) is 0 Å². The van der Waals surface area contributed by atoms with E-state index in [0.29, 0.717) is 17.5 Å². The monoisotopic (exact) mass is 387 g/mol. The molecule has 4 rings (SSSR count). The van der Waals surface area contributed by atoms with Gasteiger partial charge < -0.3 is 15.4 Å². The molecule has 0 radical (unpaired) electrons. The second kappa shape index (κ2) is 7.64. The first kappa shape index (κ1) is 18.5. The third kappa shape index (κ3) is 3.63. The van der Waals surface area contributed by atoms with Crippen molar-refractivity contribution < 1.29 is 9.90 Å². The first-order chi connectivity index (χ1) is 13.0. The summed E-state index contributed by atoms with van der Waals surface area (Å²) in [5.41, 5.74) is 9.34. The Labute approximate surface area is 164 Å². The fraction of sp³-hybridized carbons (Fsp3) is 0.524. The molecule has 1 aromatic carbocycles. The largest absolute Gasteiger partial charge is 0.480 e. The molecule has 0 spiro atoms. The van der Waals surface area contributed by atoms with Crippen LogP contribution in [-0.2, 0) is 17.8 Å². The molecule has 2 aliphatic rings. The van der Waals surface area contributed by atoms with Crippen molar-refractivity contribution in [2.45, 2.75) is 69.4 Å². The van der Waals surface area contributed by atoms with E-state index in [1.165, 1.54) is 12.8 Å². The van der Waals surface area contributed by atoms with Crippen molar-refractivity contribution in [1.82, 2.24) is 9.55 Å². The normalized spacial score (nSPS) is 21.2. The van der Waals surface area contributed by atoms with Crippen molar-refractivity contribution in [2.75, 3.05) is 0 Å². The van der Waals surface area contributed by atoms with Crippen molar-refractivity contribution >= 4 is 17.6 Å². The van der Waals surface area contributed by atoms with E-state index in [4.69, 9.17) is 22.3 Å². The highest BCUT2D eigenvalue weighted by Gasteiger charge is 2.36. The lowest BCUT2D eigenvalue weighted by molar-refractivity contribution is -0.139. The van der Waals surface area contributed by atoms with E-state index in [0.717, 1.165) is 54.9 Å². The molecule has 1 saturated carbocycles. The van der Waals surface area contributed by atoms with Gasteiger partial charge >= 0.3 is 5.97 Å². The lowest BCUT2D eigenvalue weighted by atomic mass is 9.84. The summed E-state index contributed by atoms with van der Waals surface area (Å²) in [6.07, 6.45) is 7.45. The van der Waals surface area contributed by atoms with Crippen molar-refractivity contribution in [3.8, 4) is 0 Å². The van der Waals surface area contributed by atoms with Gasteiger partial charge in [0.15, 0.2) is 0 Å². The zero-order valence-electron chi connectivity index (χ0n) is 15.4. The Balaban J connectivity index is 1.79. The van der Waals surface area contributed by atoms with Crippen LogP contribution in [0.5, 0.6) is 0 Å². The minimum Gasteiger partial charge on any atom is -0.480 e. The average molecular weight is 388 g/mol. The van der Waals surface area contributed by atoms with E-state index in [-0.39, 0.29) is 5.92 Å². The molecule has 2 aromatic rings. The van der Waals surface area contributed by atoms with Crippen molar-refractivity contribution in [2.24, 2.45) is 5.73 Å². The number of hydrogen-bond donors (Lipinski definition) is 2. The fourth-order valence-corrected chi connectivity index (χ4v) is 4.84. The van der Waals surface area contributed by atoms with Crippen molar-refractivity contribution in [3.63, 3.8) is 0 Å². The van der Waals surface area contributed by atoms with Gasteiger partial charge in [-0.05, 0) is 49.8 Å². The Kier molecular flexibility index (Phi) is 5.24. The van der Waals surface area contributed by atoms with E-state index in [2.05, 4.69) is 4.57 Å². The highest BCUT2D eigenvalue weighted by Crippen LogP contribution is 2.40. The molecular formula is C21H26ClN3O2. The van der Waals surface area contributed by atoms with Crippen LogP contribution in [0.1, 0.15) is 73.1 Å². The number of aromatic nitrogens is 2. The molecule has 2 aliphatic carbocycles. The molecule has 0 saturated heterocycles. The Bertz CT molecular complexity index is 825. The van der Waals surface area contributed by atoms with Crippen LogP contribution >= 0.6 is 11.6 Å². The van der Waals surface area contributed by atoms with Crippen LogP contribution in [0.15, 0.2) is 24.3 Å². The number of fused-ring (bicyclic) bond motifs is 1. The molecule has 2 unspecified atom stereocenters. The van der Waals surface area contributed by atoms with E-state index in [1.54, 1.807) is 0 Å². The van der Waals surface area contributed by atoms with Gasteiger partial charge in [0.05, 0.1) is 5.69 Å². The van der Waals surface area contributed by atoms with Gasteiger partial charge in [-0.2, -0.15) is 0 Å². The van der Waals surface area contributed by atoms with Crippen LogP contribution < -0.4 is 5.73 Å². The Morgan fingerprint density at radius 2 is 1.93 bits per heavy atom. The van der Waals surface area contributed by atoms with Crippen LogP contribution in [0, 0.1) is 0 Å². The predicted octanol–water partition coefficient (Wildman–Crippen LogP) is 4.07. The number of carboxylic acid groups (broad SMARTS) is 1. The minimum absolute atomic E-state index is 0.179. The summed E-state index contributed by atoms with van der Waals surface area (Å²) in [5, 5.41) is 10.2. The third-order valence-corrected chi connectivity index (χ3v) is 6.34. The number of aryl methyl sites for hydroxylation is 1. The van der Waals surface area contributed by atoms with Gasteiger partial charge in [0.1, 0.15) is 11.9 Å². The standard InChI is InChI=1S/C21H26ClN3O2/c22-15-10-8-13(9-11-15)12-25-19-16(18(23)21(26)27)6-3-7-17(19)24-20(25)14-4-1-2-5-14/h8-11,14,16,18H,1-7,12,23H2,(H,26,27). The zero-order chi connectivity index (χ0) is 19.0. The molecule has 1 heterocycles. The topological polar surface area (TPSA) is 81.1 Å². The second-order valence-electron chi connectivity index (χ2n) is 7.86. The van der Waals surface area contributed by atoms with Crippen LogP contribution in [0.2, 0.25) is 5.02 Å². The molecule has 0 aliphatic heterocycles. The molecular weight excluding hydrogens is 362 g/mol. The van der Waals surface area contributed by atoms with Gasteiger partial charge in [0.2, 0.25) is 0 Å². The Morgan fingerprint density at radius 3 is 2.59 bits per heavy atom. The third-order valence-electron chi connectivity index (χ3n) is 6.09. The van der Waals surface area contributed by atoms with Crippen LogP contribution in [-0.4, -0.2) is 26.7 Å². The van der Waals surface area contributed by atoms with Gasteiger partial charge in [-0.25, -0.2) is 4.98 Å². The van der Waals surface area contributed by atoms with Crippen molar-refractivity contribution in [3.05, 3.63) is 52.1 Å². The van der Waals surface area contributed by atoms with Gasteiger partial charge in [-0.1, -0.05) is 36.6 Å². The van der Waals surface area contributed by atoms with Crippen LogP contribution in [0.4, 0.5) is 0 Å². The molecule has 3 N–H and O–H groups in total. The summed E-state index contributed by atoms with van der Waals surface area (Å²) < 4.78 is 2.28. The molecule has 0 bridgehead atoms. The number of rotatable bonds is 5. The van der Waals surface area contributed by atoms with E-state index < -0.39 is 12.0 Å². The quantitative estimate of drug-likeness (QED) is 0.810. The molecule has 0 amide bonds. The van der Waals surface area contributed by atoms with Gasteiger partial charge in [-0.3, -0.25) is 4.79 Å². The molecule has 1 aromatic heterocycles. The van der Waals surface area contributed by atoms with Gasteiger partial charge in [0.25, 0.3) is 0 Å². The number of nitrogens with zero attached hydrogens (tertiary/aromatic N) is 2. The SMILES string of the molecule is NC(C(=O)O)C1CCCc2nc(C3CCCC3)n(Cc3ccc(Cl)cc3)c21. The summed E-state index contributed by atoms with van der Waals surface area (Å²) in [6, 6.07) is 6.97. The predicted molar refractivity (Wildman–Crippen MR) is 105 cm³/mol. The van der Waals surface area contributed by atoms with Gasteiger partial charge in [0, 0.05) is 29.1 Å². The smallest absolute Gasteiger partial charge is 0.321 e. The summed E-state index contributed by atoms with van der Waals surface area (Å²) >= 11 is 6.04. The number of carbonyl (C=O) groups is 1. The maximum absolute atomic E-state index is 11.6. The van der Waals surface area contributed by atoms with E-state index in [1.807, 2.05) is 24.3 Å². The first-order valence-corrected chi connectivity index (χ1v) is 10.2. The lowest BCUT2D eigenvalue weighted by Crippen LogP contribution is -2.39. The number of halogens is 1. The zero-order valence-corrected chi connectivity index (χ0v) is 16.2. The number of carboxylic acids is 1. The maximum atomic E-state index is 11.6. The lowest BCUT2D eigenvalue weighted by Gasteiger charge is -2.28. The Morgan fingerprint density at radius 1 is 1.22 bits per heavy atom. The van der Waals surface area contributed by atoms with E-state index in [9.17, 15) is 9.90 Å².